The van der Waals surface area contributed by atoms with Gasteiger partial charge in [-0.2, -0.15) is 0 Å². The van der Waals surface area contributed by atoms with E-state index in [0.717, 1.165) is 31.4 Å². The Bertz CT molecular complexity index is 741. The van der Waals surface area contributed by atoms with E-state index in [1.807, 2.05) is 17.0 Å². The Morgan fingerprint density at radius 1 is 1.04 bits per heavy atom. The molecule has 0 spiro atoms. The molecular formula is C19H26N4O5. The second-order valence-corrected chi connectivity index (χ2v) is 7.48. The van der Waals surface area contributed by atoms with Crippen LogP contribution in [0.5, 0.6) is 0 Å². The number of hydrogen-bond acceptors (Lipinski definition) is 6. The average Bonchev–Trinajstić information content (AvgIpc) is 2.60. The van der Waals surface area contributed by atoms with Gasteiger partial charge in [-0.3, -0.25) is 29.2 Å². The first-order valence-corrected chi connectivity index (χ1v) is 9.55. The van der Waals surface area contributed by atoms with Gasteiger partial charge in [0, 0.05) is 25.2 Å². The predicted molar refractivity (Wildman–Crippen MR) is 99.4 cm³/mol. The van der Waals surface area contributed by atoms with Crippen molar-refractivity contribution in [3.63, 3.8) is 0 Å². The Hall–Kier alpha value is -2.52. The molecule has 3 N–H and O–H groups in total. The Kier molecular flexibility index (Phi) is 6.58. The molecule has 1 fully saturated rings. The number of rotatable bonds is 4. The summed E-state index contributed by atoms with van der Waals surface area (Å²) < 4.78 is 0. The van der Waals surface area contributed by atoms with E-state index in [1.54, 1.807) is 11.0 Å². The zero-order valence-electron chi connectivity index (χ0n) is 15.7. The highest BCUT2D eigenvalue weighted by Crippen LogP contribution is 2.25. The van der Waals surface area contributed by atoms with Crippen molar-refractivity contribution in [3.8, 4) is 0 Å². The Labute approximate surface area is 163 Å². The smallest absolute Gasteiger partial charge is 0.317 e. The number of hydrogen-bond donors (Lipinski definition) is 3. The second-order valence-electron chi connectivity index (χ2n) is 7.48. The lowest BCUT2D eigenvalue weighted by Crippen LogP contribution is -2.55. The van der Waals surface area contributed by atoms with E-state index in [4.69, 9.17) is 5.11 Å². The van der Waals surface area contributed by atoms with Crippen LogP contribution in [0.1, 0.15) is 37.1 Å². The number of nitrogens with one attached hydrogen (secondary N) is 1. The monoisotopic (exact) mass is 390 g/mol. The molecule has 0 unspecified atom stereocenters. The molecule has 2 heterocycles. The van der Waals surface area contributed by atoms with E-state index in [2.05, 4.69) is 10.3 Å². The molecule has 1 aliphatic carbocycles. The molecule has 0 aromatic carbocycles. The van der Waals surface area contributed by atoms with E-state index in [-0.39, 0.29) is 44.2 Å². The van der Waals surface area contributed by atoms with Gasteiger partial charge in [0.15, 0.2) is 0 Å². The summed E-state index contributed by atoms with van der Waals surface area (Å²) in [6, 6.07) is 5.22. The van der Waals surface area contributed by atoms with Crippen molar-refractivity contribution in [2.45, 2.75) is 50.9 Å². The van der Waals surface area contributed by atoms with Gasteiger partial charge in [-0.05, 0) is 25.0 Å². The maximum atomic E-state index is 12.6. The number of nitrogens with zero attached hydrogens (tertiary/aromatic N) is 3. The zero-order valence-corrected chi connectivity index (χ0v) is 15.7. The highest BCUT2D eigenvalue weighted by atomic mass is 16.4. The third kappa shape index (κ3) is 5.49. The highest BCUT2D eigenvalue weighted by molar-refractivity contribution is 5.79. The maximum Gasteiger partial charge on any atom is 0.317 e. The highest BCUT2D eigenvalue weighted by Gasteiger charge is 2.33. The molecule has 1 aromatic heterocycles. The molecule has 28 heavy (non-hydrogen) atoms. The van der Waals surface area contributed by atoms with Crippen LogP contribution in [-0.4, -0.2) is 74.6 Å². The summed E-state index contributed by atoms with van der Waals surface area (Å²) in [5.74, 6) is -2.16. The number of pyridine rings is 1. The number of amides is 1. The topological polar surface area (TPSA) is 123 Å². The van der Waals surface area contributed by atoms with Crippen LogP contribution in [0.4, 0.5) is 0 Å². The SMILES string of the molecule is O=C(O)CN1CC(=O)N[C@H]2CCCC[C@@H]2N(CC(=O)O)Cc2cccc(n2)C1. The lowest BCUT2D eigenvalue weighted by atomic mass is 9.88. The molecule has 9 heteroatoms. The van der Waals surface area contributed by atoms with Gasteiger partial charge in [0.25, 0.3) is 0 Å². The van der Waals surface area contributed by atoms with Crippen LogP contribution in [0.2, 0.25) is 0 Å². The van der Waals surface area contributed by atoms with Crippen LogP contribution in [-0.2, 0) is 27.5 Å². The summed E-state index contributed by atoms with van der Waals surface area (Å²) in [6.45, 7) is 0.198. The molecule has 1 aliphatic heterocycles. The summed E-state index contributed by atoms with van der Waals surface area (Å²) >= 11 is 0. The molecule has 0 saturated heterocycles. The molecule has 1 amide bonds. The van der Waals surface area contributed by atoms with Gasteiger partial charge in [-0.25, -0.2) is 0 Å². The average molecular weight is 390 g/mol. The summed E-state index contributed by atoms with van der Waals surface area (Å²) in [4.78, 5) is 43.3. The van der Waals surface area contributed by atoms with Crippen LogP contribution in [0.15, 0.2) is 18.2 Å². The third-order valence-corrected chi connectivity index (χ3v) is 5.22. The summed E-state index contributed by atoms with van der Waals surface area (Å²) in [5.41, 5.74) is 1.40. The second kappa shape index (κ2) is 9.11. The third-order valence-electron chi connectivity index (χ3n) is 5.22. The first-order chi connectivity index (χ1) is 13.4. The fourth-order valence-electron chi connectivity index (χ4n) is 4.14. The summed E-state index contributed by atoms with van der Waals surface area (Å²) in [7, 11) is 0. The number of fused-ring (bicyclic) bond motifs is 3. The fraction of sp³-hybridized carbons (Fsp3) is 0.579. The zero-order chi connectivity index (χ0) is 20.1. The van der Waals surface area contributed by atoms with E-state index in [1.165, 1.54) is 0 Å². The summed E-state index contributed by atoms with van der Waals surface area (Å²) in [6.07, 6.45) is 3.52. The van der Waals surface area contributed by atoms with E-state index in [9.17, 15) is 19.5 Å². The minimum atomic E-state index is -1.00. The molecule has 2 atom stereocenters. The lowest BCUT2D eigenvalue weighted by Gasteiger charge is -2.40. The van der Waals surface area contributed by atoms with E-state index < -0.39 is 11.9 Å². The molecule has 9 nitrogen and oxygen atoms in total. The maximum absolute atomic E-state index is 12.6. The van der Waals surface area contributed by atoms with Gasteiger partial charge in [0.1, 0.15) is 0 Å². The number of carboxylic acid groups (broad SMARTS) is 2. The van der Waals surface area contributed by atoms with Gasteiger partial charge < -0.3 is 15.5 Å². The standard InChI is InChI=1S/C19H26N4O5/c24-17-10-22(11-18(25)26)8-13-4-3-5-14(20-13)9-23(12-19(27)28)16-7-2-1-6-15(16)21-17/h3-5,15-16H,1-2,6-12H2,(H,21,24)(H,25,26)(H,27,28)/t15-,16-/m0/s1. The van der Waals surface area contributed by atoms with Crippen LogP contribution >= 0.6 is 0 Å². The van der Waals surface area contributed by atoms with Crippen LogP contribution in [0.3, 0.4) is 0 Å². The number of carbonyl (C=O) groups excluding carboxylic acids is 1. The van der Waals surface area contributed by atoms with Crippen molar-refractivity contribution in [2.75, 3.05) is 19.6 Å². The Morgan fingerprint density at radius 3 is 2.43 bits per heavy atom. The molecule has 2 bridgehead atoms. The van der Waals surface area contributed by atoms with Crippen molar-refractivity contribution < 1.29 is 24.6 Å². The van der Waals surface area contributed by atoms with Crippen LogP contribution < -0.4 is 5.32 Å². The molecule has 2 aliphatic rings. The van der Waals surface area contributed by atoms with Crippen molar-refractivity contribution in [3.05, 3.63) is 29.6 Å². The predicted octanol–water partition coefficient (Wildman–Crippen LogP) is 0.296. The minimum absolute atomic E-state index is 0.0413. The molecule has 0 radical (unpaired) electrons. The van der Waals surface area contributed by atoms with Crippen molar-refractivity contribution >= 4 is 17.8 Å². The quantitative estimate of drug-likeness (QED) is 0.671. The first-order valence-electron chi connectivity index (χ1n) is 9.55. The van der Waals surface area contributed by atoms with Gasteiger partial charge in [0.05, 0.1) is 31.0 Å². The van der Waals surface area contributed by atoms with Gasteiger partial charge >= 0.3 is 11.9 Å². The summed E-state index contributed by atoms with van der Waals surface area (Å²) in [5, 5.41) is 21.6. The minimum Gasteiger partial charge on any atom is -0.480 e. The Balaban J connectivity index is 1.93. The molecule has 152 valence electrons. The molecular weight excluding hydrogens is 364 g/mol. The normalized spacial score (nSPS) is 24.4. The van der Waals surface area contributed by atoms with Crippen molar-refractivity contribution in [1.82, 2.24) is 20.1 Å². The van der Waals surface area contributed by atoms with Gasteiger partial charge in [-0.15, -0.1) is 0 Å². The number of aromatic nitrogens is 1. The number of carbonyl (C=O) groups is 3. The number of aliphatic carboxylic acids is 2. The lowest BCUT2D eigenvalue weighted by molar-refractivity contribution is -0.140. The fourth-order valence-corrected chi connectivity index (χ4v) is 4.14. The van der Waals surface area contributed by atoms with Crippen molar-refractivity contribution in [2.24, 2.45) is 0 Å². The van der Waals surface area contributed by atoms with Crippen LogP contribution in [0, 0.1) is 0 Å². The first kappa shape index (κ1) is 20.2. The van der Waals surface area contributed by atoms with Crippen LogP contribution in [0.25, 0.3) is 0 Å². The van der Waals surface area contributed by atoms with E-state index >= 15 is 0 Å². The van der Waals surface area contributed by atoms with E-state index in [0.29, 0.717) is 12.2 Å². The van der Waals surface area contributed by atoms with Gasteiger partial charge in [0.2, 0.25) is 5.91 Å². The van der Waals surface area contributed by atoms with Gasteiger partial charge in [-0.1, -0.05) is 18.9 Å². The Morgan fingerprint density at radius 2 is 1.71 bits per heavy atom. The molecule has 1 aromatic rings. The largest absolute Gasteiger partial charge is 0.480 e. The molecule has 3 rings (SSSR count). The molecule has 1 saturated carbocycles. The number of carboxylic acids is 2. The van der Waals surface area contributed by atoms with Crippen molar-refractivity contribution in [1.29, 1.82) is 0 Å².